The second-order valence-electron chi connectivity index (χ2n) is 7.29. The quantitative estimate of drug-likeness (QED) is 0.791. The fraction of sp³-hybridized carbons (Fsp3) is 0.368. The summed E-state index contributed by atoms with van der Waals surface area (Å²) in [6.45, 7) is 5.88. The van der Waals surface area contributed by atoms with Crippen molar-refractivity contribution in [2.24, 2.45) is 5.41 Å². The molecule has 1 amide bonds. The molecule has 3 rings (SSSR count). The summed E-state index contributed by atoms with van der Waals surface area (Å²) in [6.07, 6.45) is 0.651. The minimum absolute atomic E-state index is 0.0862. The molecule has 0 aliphatic heterocycles. The van der Waals surface area contributed by atoms with Crippen LogP contribution in [0.2, 0.25) is 0 Å². The number of amides is 1. The molecule has 0 saturated carbocycles. The predicted molar refractivity (Wildman–Crippen MR) is 91.9 cm³/mol. The summed E-state index contributed by atoms with van der Waals surface area (Å²) in [5.41, 5.74) is 1.90. The average molecular weight is 343 g/mol. The molecule has 6 heteroatoms. The molecule has 0 fully saturated rings. The number of rotatable bonds is 3. The molecule has 0 radical (unpaired) electrons. The van der Waals surface area contributed by atoms with Crippen molar-refractivity contribution < 1.29 is 24.2 Å². The number of anilines is 1. The third-order valence-corrected chi connectivity index (χ3v) is 4.58. The number of hydrogen-bond donors (Lipinski definition) is 3. The van der Waals surface area contributed by atoms with Gasteiger partial charge in [-0.15, -0.1) is 0 Å². The lowest BCUT2D eigenvalue weighted by Crippen LogP contribution is -2.24. The highest BCUT2D eigenvalue weighted by Crippen LogP contribution is 2.44. The highest BCUT2D eigenvalue weighted by Gasteiger charge is 2.37. The Hall–Kier alpha value is -2.60. The molecule has 25 heavy (non-hydrogen) atoms. The fourth-order valence-electron chi connectivity index (χ4n) is 3.39. The summed E-state index contributed by atoms with van der Waals surface area (Å²) < 4.78 is 5.77. The van der Waals surface area contributed by atoms with E-state index in [9.17, 15) is 14.7 Å². The van der Waals surface area contributed by atoms with Crippen LogP contribution in [0.15, 0.2) is 28.7 Å². The van der Waals surface area contributed by atoms with Crippen molar-refractivity contribution in [3.63, 3.8) is 0 Å². The Labute approximate surface area is 145 Å². The van der Waals surface area contributed by atoms with E-state index < -0.39 is 18.0 Å². The van der Waals surface area contributed by atoms with E-state index in [-0.39, 0.29) is 16.7 Å². The summed E-state index contributed by atoms with van der Waals surface area (Å²) in [6, 6.07) is 5.89. The molecule has 0 saturated heterocycles. The van der Waals surface area contributed by atoms with Crippen LogP contribution in [0.25, 0.3) is 0 Å². The Balaban J connectivity index is 1.85. The first-order chi connectivity index (χ1) is 11.7. The molecule has 0 bridgehead atoms. The van der Waals surface area contributed by atoms with Gasteiger partial charge in [-0.05, 0) is 43.0 Å². The Bertz CT molecular complexity index is 832. The van der Waals surface area contributed by atoms with Gasteiger partial charge in [0.15, 0.2) is 5.76 Å². The molecular formula is C19H21NO5. The SMILES string of the molecule is Cc1c(C(=O)Nc2ccc(C(=O)O)cc2)oc2c1[C@H](O)CC(C)(C)C2. The molecule has 1 aliphatic carbocycles. The molecule has 1 aromatic carbocycles. The maximum Gasteiger partial charge on any atom is 0.335 e. The molecule has 1 aromatic heterocycles. The number of nitrogens with one attached hydrogen (secondary N) is 1. The Kier molecular flexibility index (Phi) is 4.16. The van der Waals surface area contributed by atoms with Crippen molar-refractivity contribution in [1.29, 1.82) is 0 Å². The topological polar surface area (TPSA) is 99.8 Å². The van der Waals surface area contributed by atoms with E-state index in [1.54, 1.807) is 6.92 Å². The van der Waals surface area contributed by atoms with Crippen LogP contribution in [0, 0.1) is 12.3 Å². The van der Waals surface area contributed by atoms with Crippen molar-refractivity contribution >= 4 is 17.6 Å². The minimum Gasteiger partial charge on any atom is -0.478 e. The van der Waals surface area contributed by atoms with E-state index in [1.807, 2.05) is 0 Å². The van der Waals surface area contributed by atoms with Gasteiger partial charge in [0.2, 0.25) is 0 Å². The molecule has 132 valence electrons. The molecular weight excluding hydrogens is 322 g/mol. The first-order valence-corrected chi connectivity index (χ1v) is 8.13. The van der Waals surface area contributed by atoms with Gasteiger partial charge in [-0.2, -0.15) is 0 Å². The summed E-state index contributed by atoms with van der Waals surface area (Å²) in [5, 5.41) is 22.0. The zero-order chi connectivity index (χ0) is 18.4. The number of benzene rings is 1. The molecule has 1 aliphatic rings. The summed E-state index contributed by atoms with van der Waals surface area (Å²) in [4.78, 5) is 23.4. The normalized spacial score (nSPS) is 18.5. The molecule has 6 nitrogen and oxygen atoms in total. The van der Waals surface area contributed by atoms with Crippen molar-refractivity contribution in [2.75, 3.05) is 5.32 Å². The van der Waals surface area contributed by atoms with Crippen LogP contribution in [-0.2, 0) is 6.42 Å². The van der Waals surface area contributed by atoms with Gasteiger partial charge in [-0.3, -0.25) is 4.79 Å². The maximum atomic E-state index is 12.5. The maximum absolute atomic E-state index is 12.5. The summed E-state index contributed by atoms with van der Waals surface area (Å²) in [5.74, 6) is -0.597. The van der Waals surface area contributed by atoms with Crippen LogP contribution in [-0.4, -0.2) is 22.1 Å². The number of fused-ring (bicyclic) bond motifs is 1. The molecule has 2 aromatic rings. The number of aliphatic hydroxyl groups excluding tert-OH is 1. The summed E-state index contributed by atoms with van der Waals surface area (Å²) >= 11 is 0. The monoisotopic (exact) mass is 343 g/mol. The van der Waals surface area contributed by atoms with Gasteiger partial charge >= 0.3 is 5.97 Å². The van der Waals surface area contributed by atoms with Crippen molar-refractivity contribution in [2.45, 2.75) is 39.7 Å². The first-order valence-electron chi connectivity index (χ1n) is 8.13. The highest BCUT2D eigenvalue weighted by atomic mass is 16.4. The van der Waals surface area contributed by atoms with Gasteiger partial charge in [0.1, 0.15) is 5.76 Å². The van der Waals surface area contributed by atoms with Crippen LogP contribution >= 0.6 is 0 Å². The number of aliphatic hydroxyl groups is 1. The molecule has 0 spiro atoms. The van der Waals surface area contributed by atoms with E-state index in [0.29, 0.717) is 35.4 Å². The van der Waals surface area contributed by atoms with E-state index in [2.05, 4.69) is 19.2 Å². The van der Waals surface area contributed by atoms with Crippen LogP contribution in [0.3, 0.4) is 0 Å². The van der Waals surface area contributed by atoms with Crippen LogP contribution in [0.1, 0.15) is 64.2 Å². The number of carboxylic acid groups (broad SMARTS) is 1. The van der Waals surface area contributed by atoms with Gasteiger partial charge < -0.3 is 19.9 Å². The number of carboxylic acids is 1. The van der Waals surface area contributed by atoms with Gasteiger partial charge in [0.05, 0.1) is 11.7 Å². The van der Waals surface area contributed by atoms with Crippen LogP contribution < -0.4 is 5.32 Å². The third kappa shape index (κ3) is 3.30. The van der Waals surface area contributed by atoms with E-state index in [0.717, 1.165) is 0 Å². The fourth-order valence-corrected chi connectivity index (χ4v) is 3.39. The second-order valence-corrected chi connectivity index (χ2v) is 7.29. The third-order valence-electron chi connectivity index (χ3n) is 4.58. The standard InChI is InChI=1S/C19H21NO5/c1-10-15-13(21)8-19(2,3)9-14(15)25-16(10)17(22)20-12-6-4-11(5-7-12)18(23)24/h4-7,13,21H,8-9H2,1-3H3,(H,20,22)(H,23,24)/t13-/m1/s1. The van der Waals surface area contributed by atoms with E-state index in [1.165, 1.54) is 24.3 Å². The zero-order valence-corrected chi connectivity index (χ0v) is 14.4. The summed E-state index contributed by atoms with van der Waals surface area (Å²) in [7, 11) is 0. The van der Waals surface area contributed by atoms with Gasteiger partial charge in [-0.25, -0.2) is 4.79 Å². The van der Waals surface area contributed by atoms with Crippen LogP contribution in [0.4, 0.5) is 5.69 Å². The van der Waals surface area contributed by atoms with Crippen molar-refractivity contribution in [3.8, 4) is 0 Å². The molecule has 0 unspecified atom stereocenters. The Morgan fingerprint density at radius 3 is 2.48 bits per heavy atom. The predicted octanol–water partition coefficient (Wildman–Crippen LogP) is 3.54. The lowest BCUT2D eigenvalue weighted by atomic mass is 9.75. The average Bonchev–Trinajstić information content (AvgIpc) is 2.83. The minimum atomic E-state index is -1.02. The van der Waals surface area contributed by atoms with Crippen molar-refractivity contribution in [3.05, 3.63) is 52.5 Å². The zero-order valence-electron chi connectivity index (χ0n) is 14.4. The number of hydrogen-bond acceptors (Lipinski definition) is 4. The number of aromatic carboxylic acids is 1. The number of furan rings is 1. The highest BCUT2D eigenvalue weighted by molar-refractivity contribution is 6.03. The van der Waals surface area contributed by atoms with Crippen molar-refractivity contribution in [1.82, 2.24) is 0 Å². The molecule has 3 N–H and O–H groups in total. The molecule has 1 atom stereocenters. The lowest BCUT2D eigenvalue weighted by molar-refractivity contribution is 0.0696. The number of carbonyl (C=O) groups is 2. The Morgan fingerprint density at radius 1 is 1.24 bits per heavy atom. The smallest absolute Gasteiger partial charge is 0.335 e. The first kappa shape index (κ1) is 17.2. The molecule has 1 heterocycles. The number of carbonyl (C=O) groups excluding carboxylic acids is 1. The van der Waals surface area contributed by atoms with E-state index in [4.69, 9.17) is 9.52 Å². The largest absolute Gasteiger partial charge is 0.478 e. The van der Waals surface area contributed by atoms with Gasteiger partial charge in [0, 0.05) is 23.2 Å². The second kappa shape index (κ2) is 6.04. The lowest BCUT2D eigenvalue weighted by Gasteiger charge is -2.31. The Morgan fingerprint density at radius 2 is 1.88 bits per heavy atom. The van der Waals surface area contributed by atoms with Crippen LogP contribution in [0.5, 0.6) is 0 Å². The van der Waals surface area contributed by atoms with Gasteiger partial charge in [0.25, 0.3) is 5.91 Å². The van der Waals surface area contributed by atoms with Gasteiger partial charge in [-0.1, -0.05) is 13.8 Å². The van der Waals surface area contributed by atoms with E-state index >= 15 is 0 Å².